The first-order valence-corrected chi connectivity index (χ1v) is 27.0. The molecule has 364 valence electrons. The van der Waals surface area contributed by atoms with E-state index in [0.29, 0.717) is 0 Å². The van der Waals surface area contributed by atoms with Crippen molar-refractivity contribution in [2.45, 2.75) is 194 Å². The Balaban J connectivity index is 1.08. The molecule has 0 bridgehead atoms. The monoisotopic (exact) mass is 923 g/mol. The van der Waals surface area contributed by atoms with Gasteiger partial charge in [-0.1, -0.05) is 223 Å². The third-order valence-electron chi connectivity index (χ3n) is 14.1. The third-order valence-corrected chi connectivity index (χ3v) is 14.1. The standard InChI is InChI=1S/C61H81BF2N2O2/c1-4-7-9-11-13-15-17-19-21-23-25-31-45-65-56-35-29-27-33-52(56)54-47-49(37-41-58(54)65)39-43-60(67)51(6-3)61(68-62(63)64)44-40-50-38-42-59-55(48-50)53-34-28-30-36-57(53)66(59)46-32-26-24-22-20-18-16-14-12-10-8-5-2/h27-30,33-44,47-48H,4-26,31-32,45-46H2,1-3H3/b43-39+,44-40+,61-51-. The summed E-state index contributed by atoms with van der Waals surface area (Å²) in [7, 11) is -3.07. The minimum atomic E-state index is -3.07. The van der Waals surface area contributed by atoms with Crippen LogP contribution in [0.1, 0.15) is 192 Å². The van der Waals surface area contributed by atoms with Crippen molar-refractivity contribution >= 4 is 69.0 Å². The maximum absolute atomic E-state index is 13.9. The molecular formula is C61H81BF2N2O2. The molecule has 7 heteroatoms. The number of ketones is 1. The topological polar surface area (TPSA) is 36.2 Å². The average molecular weight is 923 g/mol. The predicted molar refractivity (Wildman–Crippen MR) is 290 cm³/mol. The zero-order chi connectivity index (χ0) is 47.8. The lowest BCUT2D eigenvalue weighted by Crippen LogP contribution is -2.09. The average Bonchev–Trinajstić information content (AvgIpc) is 3.84. The molecule has 0 saturated heterocycles. The molecule has 2 aromatic heterocycles. The highest BCUT2D eigenvalue weighted by molar-refractivity contribution is 6.35. The number of hydrogen-bond acceptors (Lipinski definition) is 2. The lowest BCUT2D eigenvalue weighted by Gasteiger charge is -2.10. The first-order chi connectivity index (χ1) is 33.4. The zero-order valence-electron chi connectivity index (χ0n) is 42.0. The van der Waals surface area contributed by atoms with Gasteiger partial charge in [0.1, 0.15) is 5.76 Å². The number of hydrogen-bond donors (Lipinski definition) is 0. The van der Waals surface area contributed by atoms with Crippen LogP contribution in [0.2, 0.25) is 0 Å². The number of para-hydroxylation sites is 2. The number of halogens is 2. The van der Waals surface area contributed by atoms with Crippen molar-refractivity contribution < 1.29 is 18.1 Å². The summed E-state index contributed by atoms with van der Waals surface area (Å²) in [6.45, 7) is 8.28. The van der Waals surface area contributed by atoms with E-state index in [2.05, 4.69) is 95.8 Å². The summed E-state index contributed by atoms with van der Waals surface area (Å²) < 4.78 is 37.8. The molecule has 0 aliphatic heterocycles. The second-order valence-electron chi connectivity index (χ2n) is 19.3. The van der Waals surface area contributed by atoms with E-state index in [1.165, 1.54) is 186 Å². The van der Waals surface area contributed by atoms with Gasteiger partial charge in [-0.3, -0.25) is 4.79 Å². The van der Waals surface area contributed by atoms with Crippen molar-refractivity contribution in [3.63, 3.8) is 0 Å². The molecule has 68 heavy (non-hydrogen) atoms. The van der Waals surface area contributed by atoms with Crippen molar-refractivity contribution in [1.29, 1.82) is 0 Å². The quantitative estimate of drug-likeness (QED) is 0.0133. The second kappa shape index (κ2) is 29.2. The number of aromatic nitrogens is 2. The molecule has 0 atom stereocenters. The van der Waals surface area contributed by atoms with E-state index in [1.807, 2.05) is 12.1 Å². The maximum atomic E-state index is 13.9. The number of carbonyl (C=O) groups excluding carboxylic acids is 1. The van der Waals surface area contributed by atoms with Crippen LogP contribution in [0.4, 0.5) is 8.63 Å². The summed E-state index contributed by atoms with van der Waals surface area (Å²) in [5.41, 5.74) is 6.73. The van der Waals surface area contributed by atoms with Gasteiger partial charge in [0, 0.05) is 62.3 Å². The highest BCUT2D eigenvalue weighted by atomic mass is 19.2. The summed E-state index contributed by atoms with van der Waals surface area (Å²) in [6.07, 6.45) is 38.6. The Morgan fingerprint density at radius 3 is 1.24 bits per heavy atom. The third kappa shape index (κ3) is 15.6. The molecule has 6 aromatic rings. The van der Waals surface area contributed by atoms with Crippen LogP contribution < -0.4 is 0 Å². The van der Waals surface area contributed by atoms with Crippen molar-refractivity contribution in [1.82, 2.24) is 9.13 Å². The van der Waals surface area contributed by atoms with Crippen molar-refractivity contribution in [3.8, 4) is 0 Å². The fourth-order valence-corrected chi connectivity index (χ4v) is 10.3. The van der Waals surface area contributed by atoms with Gasteiger partial charge >= 0.3 is 7.47 Å². The number of nitrogens with zero attached hydrogens (tertiary/aromatic N) is 2. The summed E-state index contributed by atoms with van der Waals surface area (Å²) in [5, 5.41) is 4.64. The molecule has 0 N–H and O–H groups in total. The maximum Gasteiger partial charge on any atom is 0.796 e. The summed E-state index contributed by atoms with van der Waals surface area (Å²) in [5.74, 6) is -0.457. The van der Waals surface area contributed by atoms with Gasteiger partial charge in [-0.05, 0) is 78.9 Å². The second-order valence-corrected chi connectivity index (χ2v) is 19.3. The predicted octanol–water partition coefficient (Wildman–Crippen LogP) is 19.2. The molecule has 0 spiro atoms. The van der Waals surface area contributed by atoms with E-state index in [-0.39, 0.29) is 23.5 Å². The zero-order valence-corrected chi connectivity index (χ0v) is 42.0. The van der Waals surface area contributed by atoms with Gasteiger partial charge in [-0.2, -0.15) is 0 Å². The van der Waals surface area contributed by atoms with Gasteiger partial charge in [0.2, 0.25) is 0 Å². The van der Waals surface area contributed by atoms with Gasteiger partial charge in [-0.15, -0.1) is 0 Å². The van der Waals surface area contributed by atoms with Gasteiger partial charge in [0.05, 0.1) is 0 Å². The number of allylic oxidation sites excluding steroid dienone is 3. The minimum Gasteiger partial charge on any atom is -0.505 e. The number of unbranched alkanes of at least 4 members (excludes halogenated alkanes) is 22. The van der Waals surface area contributed by atoms with Crippen LogP contribution in [0, 0.1) is 0 Å². The van der Waals surface area contributed by atoms with Crippen LogP contribution in [0.15, 0.2) is 108 Å². The van der Waals surface area contributed by atoms with Crippen LogP contribution in [-0.2, 0) is 22.5 Å². The highest BCUT2D eigenvalue weighted by Crippen LogP contribution is 2.33. The molecule has 6 rings (SSSR count). The molecule has 0 unspecified atom stereocenters. The largest absolute Gasteiger partial charge is 0.796 e. The Labute approximate surface area is 408 Å². The fourth-order valence-electron chi connectivity index (χ4n) is 10.3. The molecule has 0 aliphatic rings. The molecule has 0 amide bonds. The lowest BCUT2D eigenvalue weighted by atomic mass is 10.0. The van der Waals surface area contributed by atoms with Crippen LogP contribution in [0.3, 0.4) is 0 Å². The summed E-state index contributed by atoms with van der Waals surface area (Å²) in [6, 6.07) is 29.7. The van der Waals surface area contributed by atoms with Gasteiger partial charge in [0.25, 0.3) is 0 Å². The Morgan fingerprint density at radius 2 is 0.838 bits per heavy atom. The Kier molecular flexibility index (Phi) is 22.5. The molecule has 0 fully saturated rings. The van der Waals surface area contributed by atoms with Gasteiger partial charge < -0.3 is 13.8 Å². The number of carbonyl (C=O) groups is 1. The normalized spacial score (nSPS) is 12.5. The molecule has 4 nitrogen and oxygen atoms in total. The van der Waals surface area contributed by atoms with Crippen LogP contribution >= 0.6 is 0 Å². The van der Waals surface area contributed by atoms with E-state index in [4.69, 9.17) is 4.65 Å². The summed E-state index contributed by atoms with van der Waals surface area (Å²) >= 11 is 0. The number of fused-ring (bicyclic) bond motifs is 6. The van der Waals surface area contributed by atoms with Crippen LogP contribution in [0.25, 0.3) is 55.8 Å². The van der Waals surface area contributed by atoms with E-state index in [0.717, 1.165) is 47.8 Å². The molecule has 0 saturated carbocycles. The van der Waals surface area contributed by atoms with Crippen molar-refractivity contribution in [2.75, 3.05) is 0 Å². The van der Waals surface area contributed by atoms with E-state index in [9.17, 15) is 13.4 Å². The van der Waals surface area contributed by atoms with E-state index >= 15 is 0 Å². The molecular weight excluding hydrogens is 841 g/mol. The molecule has 0 aliphatic carbocycles. The number of aryl methyl sites for hydroxylation is 2. The highest BCUT2D eigenvalue weighted by Gasteiger charge is 2.22. The van der Waals surface area contributed by atoms with Crippen molar-refractivity contribution in [2.24, 2.45) is 0 Å². The number of rotatable bonds is 34. The summed E-state index contributed by atoms with van der Waals surface area (Å²) in [4.78, 5) is 13.8. The first kappa shape index (κ1) is 52.5. The Morgan fingerprint density at radius 1 is 0.471 bits per heavy atom. The van der Waals surface area contributed by atoms with E-state index in [1.54, 1.807) is 19.1 Å². The Hall–Kier alpha value is -4.91. The smallest absolute Gasteiger partial charge is 0.505 e. The number of benzene rings is 4. The molecule has 4 aromatic carbocycles. The van der Waals surface area contributed by atoms with E-state index < -0.39 is 7.47 Å². The molecule has 2 heterocycles. The van der Waals surface area contributed by atoms with Gasteiger partial charge in [0.15, 0.2) is 5.78 Å². The first-order valence-electron chi connectivity index (χ1n) is 27.0. The SMILES string of the molecule is CCCCCCCCCCCCCCn1c2ccccc2c2cc(/C=C/C(=O)/C(CC)=C(/C=C/c3ccc4c(c3)c3ccccc3n4CCCCCCCCCCCCCC)OB(F)F)ccc21. The fraction of sp³-hybridized carbons (Fsp3) is 0.492. The van der Waals surface area contributed by atoms with Crippen LogP contribution in [-0.4, -0.2) is 22.4 Å². The van der Waals surface area contributed by atoms with Crippen LogP contribution in [0.5, 0.6) is 0 Å². The molecule has 0 radical (unpaired) electrons. The van der Waals surface area contributed by atoms with Gasteiger partial charge in [-0.25, -0.2) is 8.63 Å². The van der Waals surface area contributed by atoms with Crippen molar-refractivity contribution in [3.05, 3.63) is 120 Å². The lowest BCUT2D eigenvalue weighted by molar-refractivity contribution is -0.111. The minimum absolute atomic E-state index is 0.108. The Bertz CT molecular complexity index is 2540.